The van der Waals surface area contributed by atoms with Gasteiger partial charge in [0.1, 0.15) is 0 Å². The SMILES string of the molecule is ClCCN1CCCN(C2CCCC2)CC1. The van der Waals surface area contributed by atoms with Gasteiger partial charge in [-0.25, -0.2) is 0 Å². The smallest absolute Gasteiger partial charge is 0.0351 e. The number of hydrogen-bond donors (Lipinski definition) is 0. The summed E-state index contributed by atoms with van der Waals surface area (Å²) in [5.41, 5.74) is 0. The molecule has 0 radical (unpaired) electrons. The van der Waals surface area contributed by atoms with Crippen molar-refractivity contribution < 1.29 is 0 Å². The van der Waals surface area contributed by atoms with Crippen molar-refractivity contribution in [3.63, 3.8) is 0 Å². The molecule has 0 bridgehead atoms. The zero-order valence-corrected chi connectivity index (χ0v) is 10.4. The van der Waals surface area contributed by atoms with E-state index in [9.17, 15) is 0 Å². The second-order valence-electron chi connectivity index (χ2n) is 4.86. The monoisotopic (exact) mass is 230 g/mol. The van der Waals surface area contributed by atoms with Crippen molar-refractivity contribution in [3.05, 3.63) is 0 Å². The van der Waals surface area contributed by atoms with Crippen molar-refractivity contribution in [1.29, 1.82) is 0 Å². The Morgan fingerprint density at radius 1 is 0.933 bits per heavy atom. The first-order valence-electron chi connectivity index (χ1n) is 6.42. The van der Waals surface area contributed by atoms with Crippen LogP contribution in [0.3, 0.4) is 0 Å². The summed E-state index contributed by atoms with van der Waals surface area (Å²) in [5, 5.41) is 0. The Labute approximate surface area is 98.6 Å². The fourth-order valence-corrected chi connectivity index (χ4v) is 3.21. The Balaban J connectivity index is 1.78. The summed E-state index contributed by atoms with van der Waals surface area (Å²) in [6.07, 6.45) is 7.11. The van der Waals surface area contributed by atoms with Gasteiger partial charge in [0.05, 0.1) is 0 Å². The quantitative estimate of drug-likeness (QED) is 0.686. The van der Waals surface area contributed by atoms with Crippen molar-refractivity contribution in [2.45, 2.75) is 38.1 Å². The number of halogens is 1. The fourth-order valence-electron chi connectivity index (χ4n) is 2.97. The van der Waals surface area contributed by atoms with E-state index >= 15 is 0 Å². The minimum Gasteiger partial charge on any atom is -0.301 e. The van der Waals surface area contributed by atoms with E-state index in [1.54, 1.807) is 0 Å². The molecule has 0 N–H and O–H groups in total. The van der Waals surface area contributed by atoms with E-state index in [0.29, 0.717) is 0 Å². The highest BCUT2D eigenvalue weighted by Gasteiger charge is 2.24. The lowest BCUT2D eigenvalue weighted by Gasteiger charge is -2.27. The highest BCUT2D eigenvalue weighted by molar-refractivity contribution is 6.18. The molecule has 2 fully saturated rings. The Bertz CT molecular complexity index is 180. The van der Waals surface area contributed by atoms with Gasteiger partial charge in [-0.15, -0.1) is 11.6 Å². The van der Waals surface area contributed by atoms with E-state index < -0.39 is 0 Å². The summed E-state index contributed by atoms with van der Waals surface area (Å²) in [6, 6.07) is 0.904. The zero-order valence-electron chi connectivity index (χ0n) is 9.63. The molecular weight excluding hydrogens is 208 g/mol. The summed E-state index contributed by atoms with van der Waals surface area (Å²) < 4.78 is 0. The van der Waals surface area contributed by atoms with Crippen LogP contribution in [0.1, 0.15) is 32.1 Å². The van der Waals surface area contributed by atoms with Crippen LogP contribution in [0.4, 0.5) is 0 Å². The normalized spacial score (nSPS) is 27.0. The largest absolute Gasteiger partial charge is 0.301 e. The Morgan fingerprint density at radius 2 is 1.73 bits per heavy atom. The third-order valence-electron chi connectivity index (χ3n) is 3.86. The molecule has 1 aliphatic heterocycles. The molecule has 3 heteroatoms. The number of rotatable bonds is 3. The molecule has 1 aliphatic carbocycles. The number of nitrogens with zero attached hydrogens (tertiary/aromatic N) is 2. The summed E-state index contributed by atoms with van der Waals surface area (Å²) >= 11 is 5.80. The van der Waals surface area contributed by atoms with E-state index in [1.165, 1.54) is 58.3 Å². The van der Waals surface area contributed by atoms with Gasteiger partial charge in [-0.3, -0.25) is 4.90 Å². The summed E-state index contributed by atoms with van der Waals surface area (Å²) in [5.74, 6) is 0.781. The molecule has 0 amide bonds. The van der Waals surface area contributed by atoms with Gasteiger partial charge in [0.15, 0.2) is 0 Å². The number of alkyl halides is 1. The molecule has 0 aromatic carbocycles. The topological polar surface area (TPSA) is 6.48 Å². The predicted molar refractivity (Wildman–Crippen MR) is 65.6 cm³/mol. The molecule has 0 aromatic rings. The summed E-state index contributed by atoms with van der Waals surface area (Å²) in [7, 11) is 0. The molecule has 15 heavy (non-hydrogen) atoms. The maximum atomic E-state index is 5.80. The van der Waals surface area contributed by atoms with E-state index in [1.807, 2.05) is 0 Å². The van der Waals surface area contributed by atoms with Crippen LogP contribution in [0, 0.1) is 0 Å². The van der Waals surface area contributed by atoms with Crippen molar-refractivity contribution in [1.82, 2.24) is 9.80 Å². The first kappa shape index (κ1) is 11.7. The van der Waals surface area contributed by atoms with Gasteiger partial charge < -0.3 is 4.90 Å². The maximum absolute atomic E-state index is 5.80. The van der Waals surface area contributed by atoms with E-state index in [4.69, 9.17) is 11.6 Å². The molecule has 1 heterocycles. The molecule has 0 atom stereocenters. The van der Waals surface area contributed by atoms with Crippen molar-refractivity contribution in [2.75, 3.05) is 38.6 Å². The van der Waals surface area contributed by atoms with Crippen LogP contribution in [-0.2, 0) is 0 Å². The lowest BCUT2D eigenvalue weighted by atomic mass is 10.2. The minimum absolute atomic E-state index is 0.781. The highest BCUT2D eigenvalue weighted by Crippen LogP contribution is 2.24. The second-order valence-corrected chi connectivity index (χ2v) is 5.24. The molecule has 0 aromatic heterocycles. The van der Waals surface area contributed by atoms with E-state index in [-0.39, 0.29) is 0 Å². The van der Waals surface area contributed by atoms with Crippen molar-refractivity contribution in [2.24, 2.45) is 0 Å². The molecule has 2 aliphatic rings. The molecule has 1 saturated heterocycles. The fraction of sp³-hybridized carbons (Fsp3) is 1.00. The minimum atomic E-state index is 0.781. The van der Waals surface area contributed by atoms with Crippen LogP contribution in [-0.4, -0.2) is 54.4 Å². The first-order valence-corrected chi connectivity index (χ1v) is 6.96. The van der Waals surface area contributed by atoms with E-state index in [0.717, 1.165) is 18.5 Å². The molecule has 2 nitrogen and oxygen atoms in total. The average molecular weight is 231 g/mol. The molecule has 88 valence electrons. The number of hydrogen-bond acceptors (Lipinski definition) is 2. The molecule has 1 saturated carbocycles. The van der Waals surface area contributed by atoms with Gasteiger partial charge in [-0.05, 0) is 32.4 Å². The van der Waals surface area contributed by atoms with Crippen LogP contribution < -0.4 is 0 Å². The van der Waals surface area contributed by atoms with Crippen LogP contribution in [0.25, 0.3) is 0 Å². The Hall–Kier alpha value is 0.210. The van der Waals surface area contributed by atoms with Crippen LogP contribution in [0.2, 0.25) is 0 Å². The van der Waals surface area contributed by atoms with Gasteiger partial charge >= 0.3 is 0 Å². The van der Waals surface area contributed by atoms with Gasteiger partial charge in [-0.1, -0.05) is 12.8 Å². The third-order valence-corrected chi connectivity index (χ3v) is 4.03. The van der Waals surface area contributed by atoms with Gasteiger partial charge in [0.25, 0.3) is 0 Å². The predicted octanol–water partition coefficient (Wildman–Crippen LogP) is 2.18. The molecule has 2 rings (SSSR count). The van der Waals surface area contributed by atoms with Crippen LogP contribution in [0.15, 0.2) is 0 Å². The highest BCUT2D eigenvalue weighted by atomic mass is 35.5. The molecular formula is C12H23ClN2. The Morgan fingerprint density at radius 3 is 2.47 bits per heavy atom. The van der Waals surface area contributed by atoms with E-state index in [2.05, 4.69) is 9.80 Å². The molecule has 0 unspecified atom stereocenters. The third kappa shape index (κ3) is 3.33. The molecule has 0 spiro atoms. The lowest BCUT2D eigenvalue weighted by molar-refractivity contribution is 0.201. The lowest BCUT2D eigenvalue weighted by Crippen LogP contribution is -2.37. The maximum Gasteiger partial charge on any atom is 0.0351 e. The van der Waals surface area contributed by atoms with Gasteiger partial charge in [0, 0.05) is 31.6 Å². The van der Waals surface area contributed by atoms with Gasteiger partial charge in [-0.2, -0.15) is 0 Å². The summed E-state index contributed by atoms with van der Waals surface area (Å²) in [4.78, 5) is 5.24. The Kier molecular flexibility index (Phi) is 4.73. The second kappa shape index (κ2) is 6.07. The standard InChI is InChI=1S/C12H23ClN2/c13-6-9-14-7-3-8-15(11-10-14)12-4-1-2-5-12/h12H,1-11H2. The van der Waals surface area contributed by atoms with Crippen LogP contribution in [0.5, 0.6) is 0 Å². The van der Waals surface area contributed by atoms with Crippen LogP contribution >= 0.6 is 11.6 Å². The average Bonchev–Trinajstić information content (AvgIpc) is 2.67. The van der Waals surface area contributed by atoms with Crippen molar-refractivity contribution in [3.8, 4) is 0 Å². The zero-order chi connectivity index (χ0) is 10.5. The summed E-state index contributed by atoms with van der Waals surface area (Å²) in [6.45, 7) is 6.12. The first-order chi connectivity index (χ1) is 7.40. The van der Waals surface area contributed by atoms with Crippen molar-refractivity contribution >= 4 is 11.6 Å². The van der Waals surface area contributed by atoms with Gasteiger partial charge in [0.2, 0.25) is 0 Å².